The molecule has 1 heterocycles. The van der Waals surface area contributed by atoms with Crippen molar-refractivity contribution in [2.24, 2.45) is 0 Å². The van der Waals surface area contributed by atoms with Crippen molar-refractivity contribution in [2.75, 3.05) is 5.32 Å². The van der Waals surface area contributed by atoms with Crippen LogP contribution < -0.4 is 5.32 Å². The standard InChI is InChI=1S/C23H18N2O2.H2O/c1-16-7-13-20-21(15-16)27-23(25-20)18-9-11-19(12-10-18)24-22(26)14-8-17-5-3-2-4-6-17;/h2-15H,1H3,(H,24,26);1H2/b14-8+;. The van der Waals surface area contributed by atoms with Gasteiger partial charge in [0, 0.05) is 17.3 Å². The molecule has 0 spiro atoms. The lowest BCUT2D eigenvalue weighted by Gasteiger charge is -2.03. The van der Waals surface area contributed by atoms with Gasteiger partial charge in [0.2, 0.25) is 11.8 Å². The van der Waals surface area contributed by atoms with Crippen molar-refractivity contribution >= 4 is 28.8 Å². The van der Waals surface area contributed by atoms with Crippen LogP contribution in [0.15, 0.2) is 83.3 Å². The number of fused-ring (bicyclic) bond motifs is 1. The molecule has 5 heteroatoms. The van der Waals surface area contributed by atoms with Crippen LogP contribution in [-0.2, 0) is 4.79 Å². The normalized spacial score (nSPS) is 10.8. The third-order valence-corrected chi connectivity index (χ3v) is 4.17. The minimum atomic E-state index is -0.177. The number of amides is 1. The quantitative estimate of drug-likeness (QED) is 0.530. The highest BCUT2D eigenvalue weighted by Crippen LogP contribution is 2.26. The molecule has 4 rings (SSSR count). The first-order valence-electron chi connectivity index (χ1n) is 8.69. The Morgan fingerprint density at radius 3 is 2.50 bits per heavy atom. The van der Waals surface area contributed by atoms with Crippen LogP contribution in [0.4, 0.5) is 5.69 Å². The Morgan fingerprint density at radius 1 is 1.00 bits per heavy atom. The van der Waals surface area contributed by atoms with E-state index in [1.165, 1.54) is 6.08 Å². The summed E-state index contributed by atoms with van der Waals surface area (Å²) in [5, 5.41) is 2.85. The van der Waals surface area contributed by atoms with Crippen molar-refractivity contribution < 1.29 is 14.7 Å². The van der Waals surface area contributed by atoms with E-state index in [0.717, 1.165) is 27.8 Å². The summed E-state index contributed by atoms with van der Waals surface area (Å²) in [5.74, 6) is 0.390. The number of nitrogens with one attached hydrogen (secondary N) is 1. The van der Waals surface area contributed by atoms with E-state index in [1.54, 1.807) is 6.08 Å². The van der Waals surface area contributed by atoms with Crippen LogP contribution in [0.5, 0.6) is 0 Å². The van der Waals surface area contributed by atoms with Gasteiger partial charge in [-0.2, -0.15) is 0 Å². The summed E-state index contributed by atoms with van der Waals surface area (Å²) in [7, 11) is 0. The summed E-state index contributed by atoms with van der Waals surface area (Å²) < 4.78 is 5.83. The summed E-state index contributed by atoms with van der Waals surface area (Å²) >= 11 is 0. The fraction of sp³-hybridized carbons (Fsp3) is 0.0435. The predicted molar refractivity (Wildman–Crippen MR) is 112 cm³/mol. The molecule has 0 saturated carbocycles. The first-order valence-corrected chi connectivity index (χ1v) is 8.69. The van der Waals surface area contributed by atoms with E-state index in [9.17, 15) is 4.79 Å². The summed E-state index contributed by atoms with van der Waals surface area (Å²) in [6.45, 7) is 2.02. The molecule has 3 aromatic carbocycles. The van der Waals surface area contributed by atoms with Gasteiger partial charge in [-0.15, -0.1) is 0 Å². The Kier molecular flexibility index (Phi) is 5.67. The van der Waals surface area contributed by atoms with Crippen molar-refractivity contribution in [3.63, 3.8) is 0 Å². The molecule has 1 amide bonds. The van der Waals surface area contributed by atoms with Gasteiger partial charge < -0.3 is 15.2 Å². The Balaban J connectivity index is 0.00000225. The molecular formula is C23H20N2O3. The van der Waals surface area contributed by atoms with Gasteiger partial charge >= 0.3 is 0 Å². The molecule has 4 aromatic rings. The number of anilines is 1. The zero-order chi connectivity index (χ0) is 18.6. The van der Waals surface area contributed by atoms with Crippen molar-refractivity contribution in [2.45, 2.75) is 6.92 Å². The van der Waals surface area contributed by atoms with Crippen LogP contribution in [0.25, 0.3) is 28.6 Å². The van der Waals surface area contributed by atoms with Crippen LogP contribution in [0.3, 0.4) is 0 Å². The molecule has 0 aliphatic carbocycles. The zero-order valence-electron chi connectivity index (χ0n) is 15.3. The second-order valence-electron chi connectivity index (χ2n) is 6.30. The zero-order valence-corrected chi connectivity index (χ0v) is 15.3. The van der Waals surface area contributed by atoms with Crippen LogP contribution in [0.1, 0.15) is 11.1 Å². The van der Waals surface area contributed by atoms with Crippen LogP contribution >= 0.6 is 0 Å². The molecule has 28 heavy (non-hydrogen) atoms. The molecular weight excluding hydrogens is 352 g/mol. The fourth-order valence-electron chi connectivity index (χ4n) is 2.77. The van der Waals surface area contributed by atoms with Gasteiger partial charge in [-0.25, -0.2) is 4.98 Å². The SMILES string of the molecule is Cc1ccc2nc(-c3ccc(NC(=O)/C=C/c4ccccc4)cc3)oc2c1.O. The largest absolute Gasteiger partial charge is 0.436 e. The number of oxazole rings is 1. The second kappa shape index (κ2) is 8.33. The Bertz CT molecular complexity index is 1110. The minimum Gasteiger partial charge on any atom is -0.436 e. The van der Waals surface area contributed by atoms with Crippen molar-refractivity contribution in [3.8, 4) is 11.5 Å². The van der Waals surface area contributed by atoms with Crippen molar-refractivity contribution in [1.29, 1.82) is 0 Å². The molecule has 0 unspecified atom stereocenters. The fourth-order valence-corrected chi connectivity index (χ4v) is 2.77. The smallest absolute Gasteiger partial charge is 0.248 e. The monoisotopic (exact) mass is 372 g/mol. The van der Waals surface area contributed by atoms with Gasteiger partial charge in [-0.1, -0.05) is 36.4 Å². The maximum absolute atomic E-state index is 12.1. The van der Waals surface area contributed by atoms with E-state index in [4.69, 9.17) is 4.42 Å². The van der Waals surface area contributed by atoms with E-state index in [-0.39, 0.29) is 11.4 Å². The molecule has 3 N–H and O–H groups in total. The molecule has 0 atom stereocenters. The van der Waals surface area contributed by atoms with Crippen LogP contribution in [0.2, 0.25) is 0 Å². The van der Waals surface area contributed by atoms with Gasteiger partial charge in [0.05, 0.1) is 0 Å². The third-order valence-electron chi connectivity index (χ3n) is 4.17. The van der Waals surface area contributed by atoms with Gasteiger partial charge in [-0.05, 0) is 60.5 Å². The molecule has 0 saturated heterocycles. The Morgan fingerprint density at radius 2 is 1.75 bits per heavy atom. The lowest BCUT2D eigenvalue weighted by molar-refractivity contribution is -0.111. The predicted octanol–water partition coefficient (Wildman–Crippen LogP) is 4.63. The number of carbonyl (C=O) groups excluding carboxylic acids is 1. The molecule has 5 nitrogen and oxygen atoms in total. The van der Waals surface area contributed by atoms with E-state index in [0.29, 0.717) is 11.6 Å². The van der Waals surface area contributed by atoms with E-state index in [2.05, 4.69) is 10.3 Å². The summed E-state index contributed by atoms with van der Waals surface area (Å²) in [6, 6.07) is 23.1. The molecule has 0 aliphatic rings. The lowest BCUT2D eigenvalue weighted by Crippen LogP contribution is -2.07. The number of aryl methyl sites for hydroxylation is 1. The van der Waals surface area contributed by atoms with Crippen molar-refractivity contribution in [3.05, 3.63) is 90.0 Å². The first-order chi connectivity index (χ1) is 13.2. The average Bonchev–Trinajstić information content (AvgIpc) is 3.11. The number of benzene rings is 3. The number of aromatic nitrogens is 1. The van der Waals surface area contributed by atoms with Crippen LogP contribution in [-0.4, -0.2) is 16.4 Å². The third kappa shape index (κ3) is 4.34. The highest BCUT2D eigenvalue weighted by atomic mass is 16.3. The average molecular weight is 372 g/mol. The van der Waals surface area contributed by atoms with Gasteiger partial charge in [0.25, 0.3) is 0 Å². The Labute approximate surface area is 162 Å². The Hall–Kier alpha value is -3.70. The number of hydrogen-bond donors (Lipinski definition) is 1. The molecule has 0 radical (unpaired) electrons. The van der Waals surface area contributed by atoms with Gasteiger partial charge in [0.1, 0.15) is 5.52 Å². The lowest BCUT2D eigenvalue weighted by atomic mass is 10.2. The highest BCUT2D eigenvalue weighted by Gasteiger charge is 2.08. The van der Waals surface area contributed by atoms with E-state index in [1.807, 2.05) is 79.7 Å². The van der Waals surface area contributed by atoms with Gasteiger partial charge in [-0.3, -0.25) is 4.79 Å². The maximum Gasteiger partial charge on any atom is 0.248 e. The number of rotatable bonds is 4. The van der Waals surface area contributed by atoms with Gasteiger partial charge in [0.15, 0.2) is 5.58 Å². The van der Waals surface area contributed by atoms with Crippen molar-refractivity contribution in [1.82, 2.24) is 4.98 Å². The van der Waals surface area contributed by atoms with E-state index < -0.39 is 0 Å². The second-order valence-corrected chi connectivity index (χ2v) is 6.30. The molecule has 0 aliphatic heterocycles. The first kappa shape index (κ1) is 19.1. The number of carbonyl (C=O) groups is 1. The summed E-state index contributed by atoms with van der Waals surface area (Å²) in [5.41, 5.74) is 5.29. The maximum atomic E-state index is 12.1. The highest BCUT2D eigenvalue weighted by molar-refractivity contribution is 6.02. The number of nitrogens with zero attached hydrogens (tertiary/aromatic N) is 1. The van der Waals surface area contributed by atoms with Crippen LogP contribution in [0, 0.1) is 6.92 Å². The summed E-state index contributed by atoms with van der Waals surface area (Å²) in [4.78, 5) is 16.6. The molecule has 140 valence electrons. The topological polar surface area (TPSA) is 86.6 Å². The minimum absolute atomic E-state index is 0. The van der Waals surface area contributed by atoms with E-state index >= 15 is 0 Å². The summed E-state index contributed by atoms with van der Waals surface area (Å²) in [6.07, 6.45) is 3.30. The molecule has 1 aromatic heterocycles. The number of hydrogen-bond acceptors (Lipinski definition) is 3. The molecule has 0 bridgehead atoms. The molecule has 0 fully saturated rings.